The highest BCUT2D eigenvalue weighted by Gasteiger charge is 2.26. The summed E-state index contributed by atoms with van der Waals surface area (Å²) in [5, 5.41) is 5.17. The summed E-state index contributed by atoms with van der Waals surface area (Å²) in [7, 11) is 0. The summed E-state index contributed by atoms with van der Waals surface area (Å²) in [5.41, 5.74) is 3.47. The fourth-order valence-corrected chi connectivity index (χ4v) is 4.10. The molecule has 0 fully saturated rings. The van der Waals surface area contributed by atoms with Gasteiger partial charge in [0, 0.05) is 67.6 Å². The number of H-pyrrole nitrogens is 4. The number of ketones is 1. The van der Waals surface area contributed by atoms with Gasteiger partial charge in [-0.2, -0.15) is 0 Å². The van der Waals surface area contributed by atoms with Crippen molar-refractivity contribution in [3.63, 3.8) is 0 Å². The van der Waals surface area contributed by atoms with E-state index in [1.165, 1.54) is 41.9 Å². The van der Waals surface area contributed by atoms with E-state index in [4.69, 9.17) is 0 Å². The van der Waals surface area contributed by atoms with Crippen molar-refractivity contribution in [3.8, 4) is 11.3 Å². The second-order valence-corrected chi connectivity index (χ2v) is 7.90. The first kappa shape index (κ1) is 21.9. The lowest BCUT2D eigenvalue weighted by Crippen LogP contribution is -2.13. The highest BCUT2D eigenvalue weighted by molar-refractivity contribution is 6.08. The third kappa shape index (κ3) is 4.24. The van der Waals surface area contributed by atoms with Gasteiger partial charge in [0.2, 0.25) is 11.7 Å². The summed E-state index contributed by atoms with van der Waals surface area (Å²) < 4.78 is 1.41. The Bertz CT molecular complexity index is 1540. The van der Waals surface area contributed by atoms with E-state index in [9.17, 15) is 14.4 Å². The van der Waals surface area contributed by atoms with Crippen LogP contribution in [0, 0.1) is 6.92 Å². The van der Waals surface area contributed by atoms with Gasteiger partial charge in [0.15, 0.2) is 5.82 Å². The normalized spacial score (nSPS) is 11.1. The van der Waals surface area contributed by atoms with Gasteiger partial charge in [-0.25, -0.2) is 9.97 Å². The molecule has 5 aromatic heterocycles. The largest absolute Gasteiger partial charge is 0.361 e. The summed E-state index contributed by atoms with van der Waals surface area (Å²) in [5.74, 6) is -0.248. The maximum atomic E-state index is 13.5. The second kappa shape index (κ2) is 9.17. The molecule has 0 saturated carbocycles. The Balaban J connectivity index is 1.54. The fourth-order valence-electron chi connectivity index (χ4n) is 4.10. The summed E-state index contributed by atoms with van der Waals surface area (Å²) in [4.78, 5) is 61.2. The van der Waals surface area contributed by atoms with Crippen molar-refractivity contribution in [2.75, 3.05) is 0 Å². The molecule has 0 saturated heterocycles. The quantitative estimate of drug-likeness (QED) is 0.250. The molecule has 0 aliphatic carbocycles. The van der Waals surface area contributed by atoms with Crippen molar-refractivity contribution in [1.82, 2.24) is 44.7 Å². The molecule has 0 radical (unpaired) electrons. The standard InChI is InChI=1S/C23H21N9O3/c1-13-14(2-3-18(33)32-9-8-24-12-32)19(21(34)22-27-6-7-28-22)16(30-13)10-17-20(26-5-4-25-17)15-11-29-31-23(15)35/h4-9,11-12,30H,2-3,10H2,1H3,(H,27,28)(H2,29,31,35). The zero-order valence-electron chi connectivity index (χ0n) is 18.7. The van der Waals surface area contributed by atoms with Gasteiger partial charge in [-0.3, -0.25) is 34.0 Å². The monoisotopic (exact) mass is 471 g/mol. The Morgan fingerprint density at radius 3 is 2.66 bits per heavy atom. The number of rotatable bonds is 8. The average Bonchev–Trinajstić information content (AvgIpc) is 3.66. The third-order valence-electron chi connectivity index (χ3n) is 5.74. The fraction of sp³-hybridized carbons (Fsp3) is 0.174. The Morgan fingerprint density at radius 1 is 1.09 bits per heavy atom. The molecule has 12 heteroatoms. The average molecular weight is 471 g/mol. The smallest absolute Gasteiger partial charge is 0.273 e. The van der Waals surface area contributed by atoms with E-state index in [2.05, 4.69) is 40.1 Å². The Kier molecular flexibility index (Phi) is 5.75. The van der Waals surface area contributed by atoms with Gasteiger partial charge in [-0.15, -0.1) is 0 Å². The molecule has 0 atom stereocenters. The highest BCUT2D eigenvalue weighted by Crippen LogP contribution is 2.27. The first-order valence-electron chi connectivity index (χ1n) is 10.8. The highest BCUT2D eigenvalue weighted by atomic mass is 16.2. The lowest BCUT2D eigenvalue weighted by molar-refractivity contribution is 0.0901. The zero-order valence-corrected chi connectivity index (χ0v) is 18.7. The van der Waals surface area contributed by atoms with Crippen molar-refractivity contribution in [2.45, 2.75) is 26.2 Å². The summed E-state index contributed by atoms with van der Waals surface area (Å²) in [6, 6.07) is 0. The Labute approximate surface area is 197 Å². The first-order valence-corrected chi connectivity index (χ1v) is 10.8. The lowest BCUT2D eigenvalue weighted by atomic mass is 9.97. The van der Waals surface area contributed by atoms with E-state index in [0.29, 0.717) is 34.6 Å². The van der Waals surface area contributed by atoms with Crippen LogP contribution < -0.4 is 5.56 Å². The molecular weight excluding hydrogens is 450 g/mol. The van der Waals surface area contributed by atoms with E-state index in [1.54, 1.807) is 12.4 Å². The van der Waals surface area contributed by atoms with Crippen LogP contribution in [0.25, 0.3) is 11.3 Å². The molecule has 176 valence electrons. The zero-order chi connectivity index (χ0) is 24.4. The van der Waals surface area contributed by atoms with E-state index in [0.717, 1.165) is 11.3 Å². The van der Waals surface area contributed by atoms with Gasteiger partial charge in [-0.05, 0) is 18.9 Å². The number of aromatic nitrogens is 9. The molecular formula is C23H21N9O3. The Hall–Kier alpha value is -4.87. The molecule has 12 nitrogen and oxygen atoms in total. The van der Waals surface area contributed by atoms with E-state index >= 15 is 0 Å². The van der Waals surface area contributed by atoms with E-state index in [-0.39, 0.29) is 35.9 Å². The molecule has 5 rings (SSSR count). The summed E-state index contributed by atoms with van der Waals surface area (Å²) >= 11 is 0. The predicted molar refractivity (Wildman–Crippen MR) is 124 cm³/mol. The SMILES string of the molecule is Cc1[nH]c(Cc2nccnc2-c2c[nH][nH]c2=O)c(C(=O)c2ncc[nH]2)c1CCC(=O)n1ccnc1. The van der Waals surface area contributed by atoms with Crippen molar-refractivity contribution >= 4 is 11.7 Å². The van der Waals surface area contributed by atoms with Crippen molar-refractivity contribution in [1.29, 1.82) is 0 Å². The maximum absolute atomic E-state index is 13.5. The van der Waals surface area contributed by atoms with Gasteiger partial charge in [0.1, 0.15) is 6.33 Å². The molecule has 0 spiro atoms. The number of aryl methyl sites for hydroxylation is 1. The molecule has 5 heterocycles. The van der Waals surface area contributed by atoms with Crippen LogP contribution in [0.1, 0.15) is 50.0 Å². The number of carbonyl (C=O) groups excluding carboxylic acids is 2. The van der Waals surface area contributed by atoms with Crippen LogP contribution in [-0.4, -0.2) is 56.4 Å². The molecule has 5 aromatic rings. The predicted octanol–water partition coefficient (Wildman–Crippen LogP) is 1.81. The molecule has 4 N–H and O–H groups in total. The Morgan fingerprint density at radius 2 is 1.94 bits per heavy atom. The van der Waals surface area contributed by atoms with Gasteiger partial charge in [0.05, 0.1) is 22.5 Å². The minimum absolute atomic E-state index is 0.135. The first-order chi connectivity index (χ1) is 17.0. The number of carbonyl (C=O) groups is 2. The van der Waals surface area contributed by atoms with Crippen LogP contribution in [0.4, 0.5) is 0 Å². The number of nitrogens with one attached hydrogen (secondary N) is 4. The lowest BCUT2D eigenvalue weighted by Gasteiger charge is -2.08. The molecule has 0 amide bonds. The minimum atomic E-state index is -0.319. The van der Waals surface area contributed by atoms with Gasteiger partial charge in [-0.1, -0.05) is 0 Å². The molecule has 35 heavy (non-hydrogen) atoms. The van der Waals surface area contributed by atoms with Crippen LogP contribution in [0.3, 0.4) is 0 Å². The van der Waals surface area contributed by atoms with E-state index < -0.39 is 0 Å². The van der Waals surface area contributed by atoms with Crippen LogP contribution >= 0.6 is 0 Å². The van der Waals surface area contributed by atoms with E-state index in [1.807, 2.05) is 6.92 Å². The third-order valence-corrected chi connectivity index (χ3v) is 5.74. The summed E-state index contributed by atoms with van der Waals surface area (Å²) in [6.45, 7) is 1.86. The minimum Gasteiger partial charge on any atom is -0.361 e. The molecule has 0 aliphatic rings. The maximum Gasteiger partial charge on any atom is 0.273 e. The number of hydrogen-bond acceptors (Lipinski definition) is 7. The topological polar surface area (TPSA) is 171 Å². The van der Waals surface area contributed by atoms with Gasteiger partial charge >= 0.3 is 0 Å². The molecule has 0 aliphatic heterocycles. The van der Waals surface area contributed by atoms with Gasteiger partial charge < -0.3 is 15.1 Å². The number of hydrogen-bond donors (Lipinski definition) is 4. The van der Waals surface area contributed by atoms with Crippen LogP contribution in [0.2, 0.25) is 0 Å². The number of nitrogens with zero attached hydrogens (tertiary/aromatic N) is 5. The van der Waals surface area contributed by atoms with Crippen LogP contribution in [0.15, 0.2) is 54.5 Å². The molecule has 0 bridgehead atoms. The van der Waals surface area contributed by atoms with Crippen molar-refractivity contribution in [2.24, 2.45) is 0 Å². The van der Waals surface area contributed by atoms with Crippen molar-refractivity contribution < 1.29 is 9.59 Å². The second-order valence-electron chi connectivity index (χ2n) is 7.90. The van der Waals surface area contributed by atoms with Crippen LogP contribution in [0.5, 0.6) is 0 Å². The molecule has 0 unspecified atom stereocenters. The van der Waals surface area contributed by atoms with Gasteiger partial charge in [0.25, 0.3) is 5.56 Å². The van der Waals surface area contributed by atoms with Crippen LogP contribution in [-0.2, 0) is 12.8 Å². The number of aromatic amines is 4. The molecule has 0 aromatic carbocycles. The number of imidazole rings is 2. The van der Waals surface area contributed by atoms with Crippen molar-refractivity contribution in [3.05, 3.63) is 94.1 Å². The summed E-state index contributed by atoms with van der Waals surface area (Å²) in [6.07, 6.45) is 13.0.